The number of benzene rings is 2. The summed E-state index contributed by atoms with van der Waals surface area (Å²) >= 11 is 12.3. The molecule has 0 unspecified atom stereocenters. The number of aryl methyl sites for hydroxylation is 1. The lowest BCUT2D eigenvalue weighted by molar-refractivity contribution is 0.439. The van der Waals surface area contributed by atoms with E-state index in [0.717, 1.165) is 16.7 Å². The first-order valence-electron chi connectivity index (χ1n) is 6.34. The first-order valence-corrected chi connectivity index (χ1v) is 7.10. The molecule has 3 nitrogen and oxygen atoms in total. The Bertz CT molecular complexity index is 795. The van der Waals surface area contributed by atoms with Crippen molar-refractivity contribution in [1.29, 1.82) is 0 Å². The van der Waals surface area contributed by atoms with Gasteiger partial charge in [0.1, 0.15) is 5.69 Å². The number of anilines is 1. The maximum absolute atomic E-state index is 6.27. The van der Waals surface area contributed by atoms with Gasteiger partial charge in [0.2, 0.25) is 5.88 Å². The maximum Gasteiger partial charge on any atom is 0.230 e. The molecule has 0 fully saturated rings. The Labute approximate surface area is 132 Å². The summed E-state index contributed by atoms with van der Waals surface area (Å²) in [7, 11) is 0. The van der Waals surface area contributed by atoms with Gasteiger partial charge in [-0.05, 0) is 18.6 Å². The third-order valence-corrected chi connectivity index (χ3v) is 4.08. The van der Waals surface area contributed by atoms with E-state index in [9.17, 15) is 0 Å². The van der Waals surface area contributed by atoms with E-state index in [0.29, 0.717) is 21.3 Å². The highest BCUT2D eigenvalue weighted by atomic mass is 35.5. The Kier molecular flexibility index (Phi) is 3.62. The van der Waals surface area contributed by atoms with E-state index in [1.807, 2.05) is 43.3 Å². The van der Waals surface area contributed by atoms with Crippen LogP contribution in [0.1, 0.15) is 5.56 Å². The quantitative estimate of drug-likeness (QED) is 0.706. The van der Waals surface area contributed by atoms with Crippen molar-refractivity contribution < 1.29 is 4.52 Å². The number of aromatic nitrogens is 1. The zero-order valence-electron chi connectivity index (χ0n) is 11.2. The van der Waals surface area contributed by atoms with E-state index in [2.05, 4.69) is 5.16 Å². The number of nitrogens with two attached hydrogens (primary N) is 1. The number of halogens is 2. The smallest absolute Gasteiger partial charge is 0.230 e. The van der Waals surface area contributed by atoms with Gasteiger partial charge in [-0.2, -0.15) is 0 Å². The van der Waals surface area contributed by atoms with Crippen LogP contribution in [0.4, 0.5) is 5.88 Å². The van der Waals surface area contributed by atoms with Gasteiger partial charge < -0.3 is 10.3 Å². The van der Waals surface area contributed by atoms with Gasteiger partial charge in [-0.25, -0.2) is 0 Å². The minimum Gasteiger partial charge on any atom is -0.367 e. The molecule has 3 rings (SSSR count). The Morgan fingerprint density at radius 3 is 2.48 bits per heavy atom. The Morgan fingerprint density at radius 1 is 1.05 bits per heavy atom. The van der Waals surface area contributed by atoms with Crippen LogP contribution in [-0.4, -0.2) is 5.16 Å². The van der Waals surface area contributed by atoms with Crippen molar-refractivity contribution in [3.63, 3.8) is 0 Å². The lowest BCUT2D eigenvalue weighted by atomic mass is 10.00. The molecule has 5 heteroatoms. The molecule has 1 aromatic heterocycles. The summed E-state index contributed by atoms with van der Waals surface area (Å²) < 4.78 is 5.16. The second-order valence-electron chi connectivity index (χ2n) is 4.74. The molecule has 0 atom stereocenters. The number of nitrogen functional groups attached to an aromatic ring is 1. The van der Waals surface area contributed by atoms with Gasteiger partial charge in [0.15, 0.2) is 0 Å². The number of hydrogen-bond donors (Lipinski definition) is 1. The molecule has 0 aliphatic heterocycles. The SMILES string of the molecule is Cc1ccc(-c2c(-c3cccc(Cl)c3Cl)noc2N)cc1. The first kappa shape index (κ1) is 14.0. The first-order chi connectivity index (χ1) is 10.1. The highest BCUT2D eigenvalue weighted by Gasteiger charge is 2.20. The van der Waals surface area contributed by atoms with Crippen LogP contribution in [0.3, 0.4) is 0 Å². The summed E-state index contributed by atoms with van der Waals surface area (Å²) in [5.74, 6) is 0.255. The summed E-state index contributed by atoms with van der Waals surface area (Å²) in [6.45, 7) is 2.02. The Balaban J connectivity index is 2.22. The van der Waals surface area contributed by atoms with Gasteiger partial charge in [0.25, 0.3) is 0 Å². The lowest BCUT2D eigenvalue weighted by Crippen LogP contribution is -1.89. The average Bonchev–Trinajstić information content (AvgIpc) is 2.85. The van der Waals surface area contributed by atoms with Gasteiger partial charge in [-0.1, -0.05) is 70.3 Å². The van der Waals surface area contributed by atoms with Crippen LogP contribution in [-0.2, 0) is 0 Å². The van der Waals surface area contributed by atoms with Crippen molar-refractivity contribution in [3.8, 4) is 22.4 Å². The molecule has 0 amide bonds. The second kappa shape index (κ2) is 5.43. The van der Waals surface area contributed by atoms with Crippen molar-refractivity contribution in [2.24, 2.45) is 0 Å². The summed E-state index contributed by atoms with van der Waals surface area (Å²) in [4.78, 5) is 0. The third kappa shape index (κ3) is 2.50. The van der Waals surface area contributed by atoms with Gasteiger partial charge in [0, 0.05) is 5.56 Å². The minimum atomic E-state index is 0.255. The standard InChI is InChI=1S/C16H12Cl2N2O/c1-9-5-7-10(8-6-9)13-15(20-21-16(13)19)11-3-2-4-12(17)14(11)18/h2-8H,19H2,1H3. The molecule has 2 N–H and O–H groups in total. The summed E-state index contributed by atoms with van der Waals surface area (Å²) in [6.07, 6.45) is 0. The maximum atomic E-state index is 6.27. The lowest BCUT2D eigenvalue weighted by Gasteiger charge is -2.06. The second-order valence-corrected chi connectivity index (χ2v) is 5.52. The van der Waals surface area contributed by atoms with E-state index in [-0.39, 0.29) is 5.88 Å². The van der Waals surface area contributed by atoms with Crippen LogP contribution in [0.5, 0.6) is 0 Å². The molecule has 0 aliphatic carbocycles. The van der Waals surface area contributed by atoms with E-state index < -0.39 is 0 Å². The molecule has 21 heavy (non-hydrogen) atoms. The molecule has 106 valence electrons. The molecule has 1 heterocycles. The topological polar surface area (TPSA) is 52.0 Å². The molecular formula is C16H12Cl2N2O. The average molecular weight is 319 g/mol. The summed E-state index contributed by atoms with van der Waals surface area (Å²) in [6, 6.07) is 13.3. The van der Waals surface area contributed by atoms with Crippen LogP contribution >= 0.6 is 23.2 Å². The zero-order valence-corrected chi connectivity index (χ0v) is 12.7. The van der Waals surface area contributed by atoms with Gasteiger partial charge in [-0.3, -0.25) is 0 Å². The molecule has 0 spiro atoms. The van der Waals surface area contributed by atoms with E-state index >= 15 is 0 Å². The minimum absolute atomic E-state index is 0.255. The van der Waals surface area contributed by atoms with Gasteiger partial charge in [-0.15, -0.1) is 0 Å². The third-order valence-electron chi connectivity index (χ3n) is 3.27. The van der Waals surface area contributed by atoms with Crippen molar-refractivity contribution in [1.82, 2.24) is 5.16 Å². The van der Waals surface area contributed by atoms with Crippen LogP contribution in [0.2, 0.25) is 10.0 Å². The van der Waals surface area contributed by atoms with Crippen LogP contribution in [0, 0.1) is 6.92 Å². The van der Waals surface area contributed by atoms with Crippen molar-refractivity contribution in [3.05, 3.63) is 58.1 Å². The normalized spacial score (nSPS) is 10.8. The van der Waals surface area contributed by atoms with E-state index in [4.69, 9.17) is 33.5 Å². The fraction of sp³-hybridized carbons (Fsp3) is 0.0625. The van der Waals surface area contributed by atoms with Crippen molar-refractivity contribution in [2.45, 2.75) is 6.92 Å². The highest BCUT2D eigenvalue weighted by molar-refractivity contribution is 6.43. The predicted octanol–water partition coefficient (Wildman–Crippen LogP) is 5.21. The van der Waals surface area contributed by atoms with Crippen molar-refractivity contribution >= 4 is 29.1 Å². The highest BCUT2D eigenvalue weighted by Crippen LogP contribution is 2.40. The van der Waals surface area contributed by atoms with Gasteiger partial charge >= 0.3 is 0 Å². The largest absolute Gasteiger partial charge is 0.367 e. The Morgan fingerprint density at radius 2 is 1.76 bits per heavy atom. The molecule has 0 aliphatic rings. The van der Waals surface area contributed by atoms with Crippen LogP contribution in [0.25, 0.3) is 22.4 Å². The fourth-order valence-corrected chi connectivity index (χ4v) is 2.56. The van der Waals surface area contributed by atoms with Gasteiger partial charge in [0.05, 0.1) is 15.6 Å². The molecule has 0 radical (unpaired) electrons. The molecular weight excluding hydrogens is 307 g/mol. The molecule has 0 saturated heterocycles. The molecule has 0 bridgehead atoms. The molecule has 2 aromatic carbocycles. The summed E-state index contributed by atoms with van der Waals surface area (Å²) in [5.41, 5.74) is 10.0. The van der Waals surface area contributed by atoms with Crippen LogP contribution < -0.4 is 5.73 Å². The monoisotopic (exact) mass is 318 g/mol. The van der Waals surface area contributed by atoms with Crippen molar-refractivity contribution in [2.75, 3.05) is 5.73 Å². The van der Waals surface area contributed by atoms with Crippen LogP contribution in [0.15, 0.2) is 47.0 Å². The zero-order chi connectivity index (χ0) is 15.0. The van der Waals surface area contributed by atoms with E-state index in [1.165, 1.54) is 0 Å². The number of rotatable bonds is 2. The van der Waals surface area contributed by atoms with E-state index in [1.54, 1.807) is 6.07 Å². The Hall–Kier alpha value is -1.97. The predicted molar refractivity (Wildman–Crippen MR) is 86.5 cm³/mol. The molecule has 3 aromatic rings. The number of nitrogens with zero attached hydrogens (tertiary/aromatic N) is 1. The molecule has 0 saturated carbocycles. The fourth-order valence-electron chi connectivity index (χ4n) is 2.17. The summed E-state index contributed by atoms with van der Waals surface area (Å²) in [5, 5.41) is 4.94. The number of hydrogen-bond acceptors (Lipinski definition) is 3.